The van der Waals surface area contributed by atoms with E-state index < -0.39 is 10.0 Å². The zero-order valence-corrected chi connectivity index (χ0v) is 10.1. The Bertz CT molecular complexity index is 413. The van der Waals surface area contributed by atoms with Crippen LogP contribution in [0.3, 0.4) is 0 Å². The zero-order chi connectivity index (χ0) is 12.0. The van der Waals surface area contributed by atoms with Crippen LogP contribution in [-0.2, 0) is 26.0 Å². The molecule has 1 aromatic rings. The molecule has 0 fully saturated rings. The van der Waals surface area contributed by atoms with E-state index in [0.29, 0.717) is 0 Å². The van der Waals surface area contributed by atoms with Crippen LogP contribution in [0.5, 0.6) is 0 Å². The van der Waals surface area contributed by atoms with Crippen LogP contribution >= 0.6 is 0 Å². The number of sulfonamides is 1. The molecule has 90 valence electrons. The van der Waals surface area contributed by atoms with E-state index in [2.05, 4.69) is 9.57 Å². The molecular weight excluding hydrogens is 230 g/mol. The third-order valence-corrected chi connectivity index (χ3v) is 3.22. The normalized spacial score (nSPS) is 11.6. The number of aryl methyl sites for hydroxylation is 1. The van der Waals surface area contributed by atoms with Crippen molar-refractivity contribution in [2.75, 3.05) is 13.9 Å². The van der Waals surface area contributed by atoms with E-state index in [4.69, 9.17) is 0 Å². The van der Waals surface area contributed by atoms with Gasteiger partial charge >= 0.3 is 0 Å². The lowest BCUT2D eigenvalue weighted by molar-refractivity contribution is -0.0540. The van der Waals surface area contributed by atoms with E-state index >= 15 is 0 Å². The van der Waals surface area contributed by atoms with Gasteiger partial charge in [-0.25, -0.2) is 8.42 Å². The number of nitrogens with one attached hydrogen (secondary N) is 1. The lowest BCUT2D eigenvalue weighted by Gasteiger charge is -2.06. The maximum atomic E-state index is 11.6. The summed E-state index contributed by atoms with van der Waals surface area (Å²) >= 11 is 0. The second kappa shape index (κ2) is 5.95. The molecule has 0 saturated carbocycles. The third kappa shape index (κ3) is 3.57. The number of rotatable bonds is 6. The van der Waals surface area contributed by atoms with Crippen molar-refractivity contribution >= 4 is 10.0 Å². The van der Waals surface area contributed by atoms with Crippen LogP contribution in [0.2, 0.25) is 0 Å². The Morgan fingerprint density at radius 3 is 2.38 bits per heavy atom. The van der Waals surface area contributed by atoms with E-state index in [9.17, 15) is 8.42 Å². The van der Waals surface area contributed by atoms with Crippen molar-refractivity contribution in [3.05, 3.63) is 29.8 Å². The fourth-order valence-corrected chi connectivity index (χ4v) is 1.91. The molecule has 1 aromatic carbocycles. The Morgan fingerprint density at radius 2 is 1.88 bits per heavy atom. The topological polar surface area (TPSA) is 64.6 Å². The fraction of sp³-hybridized carbons (Fsp3) is 0.400. The van der Waals surface area contributed by atoms with Crippen LogP contribution in [0.15, 0.2) is 29.2 Å². The highest BCUT2D eigenvalue weighted by Gasteiger charge is 2.13. The Kier molecular flexibility index (Phi) is 4.88. The van der Waals surface area contributed by atoms with Crippen molar-refractivity contribution in [2.45, 2.75) is 18.2 Å². The SMILES string of the molecule is CCc1ccc(S(=O)(=O)NOCOC)cc1. The van der Waals surface area contributed by atoms with Gasteiger partial charge in [0.1, 0.15) is 0 Å². The maximum absolute atomic E-state index is 11.6. The summed E-state index contributed by atoms with van der Waals surface area (Å²) in [5, 5.41) is 0. The van der Waals surface area contributed by atoms with Gasteiger partial charge in [-0.2, -0.15) is 0 Å². The Labute approximate surface area is 95.4 Å². The molecule has 0 radical (unpaired) electrons. The molecule has 16 heavy (non-hydrogen) atoms. The summed E-state index contributed by atoms with van der Waals surface area (Å²) < 4.78 is 27.8. The molecule has 0 amide bonds. The van der Waals surface area contributed by atoms with E-state index in [0.717, 1.165) is 12.0 Å². The van der Waals surface area contributed by atoms with Crippen molar-refractivity contribution in [3.8, 4) is 0 Å². The molecule has 1 rings (SSSR count). The van der Waals surface area contributed by atoms with Gasteiger partial charge < -0.3 is 4.74 Å². The molecule has 0 aliphatic rings. The Hall–Kier alpha value is -0.950. The molecule has 0 aliphatic heterocycles. The van der Waals surface area contributed by atoms with Gasteiger partial charge in [0.2, 0.25) is 0 Å². The molecule has 0 atom stereocenters. The Morgan fingerprint density at radius 1 is 1.25 bits per heavy atom. The van der Waals surface area contributed by atoms with Gasteiger partial charge in [0, 0.05) is 7.11 Å². The highest BCUT2D eigenvalue weighted by Crippen LogP contribution is 2.10. The number of hydrogen-bond donors (Lipinski definition) is 1. The molecule has 0 heterocycles. The van der Waals surface area contributed by atoms with E-state index in [1.807, 2.05) is 11.8 Å². The number of benzene rings is 1. The van der Waals surface area contributed by atoms with Crippen LogP contribution in [0.25, 0.3) is 0 Å². The molecule has 1 N–H and O–H groups in total. The molecule has 0 aromatic heterocycles. The van der Waals surface area contributed by atoms with Crippen molar-refractivity contribution in [2.24, 2.45) is 0 Å². The molecule has 6 heteroatoms. The lowest BCUT2D eigenvalue weighted by atomic mass is 10.2. The van der Waals surface area contributed by atoms with Crippen LogP contribution in [0.1, 0.15) is 12.5 Å². The minimum Gasteiger partial charge on any atom is -0.357 e. The second-order valence-corrected chi connectivity index (χ2v) is 4.78. The summed E-state index contributed by atoms with van der Waals surface area (Å²) in [7, 11) is -2.20. The maximum Gasteiger partial charge on any atom is 0.262 e. The largest absolute Gasteiger partial charge is 0.357 e. The van der Waals surface area contributed by atoms with Gasteiger partial charge in [-0.3, -0.25) is 4.84 Å². The fourth-order valence-electron chi connectivity index (χ4n) is 1.11. The summed E-state index contributed by atoms with van der Waals surface area (Å²) in [6.45, 7) is 1.87. The molecule has 0 bridgehead atoms. The lowest BCUT2D eigenvalue weighted by Crippen LogP contribution is -2.25. The number of ether oxygens (including phenoxy) is 1. The highest BCUT2D eigenvalue weighted by molar-refractivity contribution is 7.89. The standard InChI is InChI=1S/C10H15NO4S/c1-3-9-4-6-10(7-5-9)16(12,13)11-15-8-14-2/h4-7,11H,3,8H2,1-2H3. The zero-order valence-electron chi connectivity index (χ0n) is 9.26. The van der Waals surface area contributed by atoms with Gasteiger partial charge in [-0.05, 0) is 24.1 Å². The predicted octanol–water partition coefficient (Wildman–Crippen LogP) is 1.06. The van der Waals surface area contributed by atoms with Crippen LogP contribution in [0.4, 0.5) is 0 Å². The quantitative estimate of drug-likeness (QED) is 0.462. The van der Waals surface area contributed by atoms with Crippen molar-refractivity contribution in [1.82, 2.24) is 4.89 Å². The average molecular weight is 245 g/mol. The van der Waals surface area contributed by atoms with Crippen LogP contribution < -0.4 is 4.89 Å². The van der Waals surface area contributed by atoms with Crippen LogP contribution in [0, 0.1) is 0 Å². The van der Waals surface area contributed by atoms with Gasteiger partial charge in [0.05, 0.1) is 4.90 Å². The van der Waals surface area contributed by atoms with E-state index in [-0.39, 0.29) is 11.7 Å². The first-order valence-electron chi connectivity index (χ1n) is 4.81. The number of methoxy groups -OCH3 is 1. The number of hydrogen-bond acceptors (Lipinski definition) is 4. The van der Waals surface area contributed by atoms with E-state index in [1.165, 1.54) is 19.2 Å². The highest BCUT2D eigenvalue weighted by atomic mass is 32.2. The summed E-state index contributed by atoms with van der Waals surface area (Å²) in [6, 6.07) is 6.62. The predicted molar refractivity (Wildman–Crippen MR) is 59.1 cm³/mol. The molecule has 0 unspecified atom stereocenters. The first kappa shape index (κ1) is 13.1. The minimum atomic E-state index is -3.61. The Balaban J connectivity index is 2.74. The first-order chi connectivity index (χ1) is 7.60. The first-order valence-corrected chi connectivity index (χ1v) is 6.30. The van der Waals surface area contributed by atoms with Crippen molar-refractivity contribution in [1.29, 1.82) is 0 Å². The summed E-state index contributed by atoms with van der Waals surface area (Å²) in [6.07, 6.45) is 0.869. The van der Waals surface area contributed by atoms with Crippen molar-refractivity contribution < 1.29 is 18.0 Å². The summed E-state index contributed by atoms with van der Waals surface area (Å²) in [5.41, 5.74) is 1.08. The molecule has 0 aliphatic carbocycles. The molecule has 5 nitrogen and oxygen atoms in total. The van der Waals surface area contributed by atoms with Crippen LogP contribution in [-0.4, -0.2) is 22.3 Å². The molecule has 0 spiro atoms. The van der Waals surface area contributed by atoms with Crippen molar-refractivity contribution in [3.63, 3.8) is 0 Å². The smallest absolute Gasteiger partial charge is 0.262 e. The summed E-state index contributed by atoms with van der Waals surface area (Å²) in [4.78, 5) is 6.73. The van der Waals surface area contributed by atoms with Gasteiger partial charge in [0.25, 0.3) is 10.0 Å². The van der Waals surface area contributed by atoms with Gasteiger partial charge in [0.15, 0.2) is 6.79 Å². The average Bonchev–Trinajstić information content (AvgIpc) is 2.29. The van der Waals surface area contributed by atoms with Gasteiger partial charge in [-0.15, -0.1) is 0 Å². The monoisotopic (exact) mass is 245 g/mol. The second-order valence-electron chi connectivity index (χ2n) is 3.14. The van der Waals surface area contributed by atoms with E-state index in [1.54, 1.807) is 12.1 Å². The molecular formula is C10H15NO4S. The molecule has 0 saturated heterocycles. The summed E-state index contributed by atoms with van der Waals surface area (Å²) in [5.74, 6) is 0. The van der Waals surface area contributed by atoms with Gasteiger partial charge in [-0.1, -0.05) is 23.9 Å². The minimum absolute atomic E-state index is 0.133. The third-order valence-electron chi connectivity index (χ3n) is 1.99.